The predicted octanol–water partition coefficient (Wildman–Crippen LogP) is 2.67. The number of rotatable bonds is 5. The largest absolute Gasteiger partial charge is 0.352 e. The summed E-state index contributed by atoms with van der Waals surface area (Å²) in [7, 11) is 0. The lowest BCUT2D eigenvalue weighted by molar-refractivity contribution is 0.0952. The first-order chi connectivity index (χ1) is 9.16. The van der Waals surface area contributed by atoms with Gasteiger partial charge in [0.05, 0.1) is 0 Å². The van der Waals surface area contributed by atoms with E-state index >= 15 is 0 Å². The molecule has 2 rings (SSSR count). The van der Waals surface area contributed by atoms with E-state index in [1.54, 1.807) is 30.5 Å². The molecule has 0 saturated carbocycles. The molecule has 0 saturated heterocycles. The fraction of sp³-hybridized carbons (Fsp3) is 0.286. The van der Waals surface area contributed by atoms with Gasteiger partial charge in [-0.05, 0) is 43.7 Å². The van der Waals surface area contributed by atoms with E-state index in [0.717, 1.165) is 18.7 Å². The molecule has 0 radical (unpaired) electrons. The van der Waals surface area contributed by atoms with Gasteiger partial charge in [-0.1, -0.05) is 11.6 Å². The van der Waals surface area contributed by atoms with Crippen molar-refractivity contribution in [3.8, 4) is 0 Å². The highest BCUT2D eigenvalue weighted by Gasteiger charge is 2.04. The molecule has 0 aliphatic carbocycles. The molecule has 4 nitrogen and oxygen atoms in total. The van der Waals surface area contributed by atoms with Crippen LogP contribution < -0.4 is 5.32 Å². The third-order valence-electron chi connectivity index (χ3n) is 2.87. The number of aryl methyl sites for hydroxylation is 2. The zero-order chi connectivity index (χ0) is 13.7. The first-order valence-electron chi connectivity index (χ1n) is 6.19. The van der Waals surface area contributed by atoms with Crippen LogP contribution in [0.4, 0.5) is 0 Å². The van der Waals surface area contributed by atoms with E-state index < -0.39 is 0 Å². The Labute approximate surface area is 117 Å². The molecule has 0 aliphatic heterocycles. The number of nitrogens with one attached hydrogen (secondary N) is 1. The normalized spacial score (nSPS) is 10.4. The van der Waals surface area contributed by atoms with E-state index in [2.05, 4.69) is 10.4 Å². The summed E-state index contributed by atoms with van der Waals surface area (Å²) >= 11 is 5.77. The zero-order valence-corrected chi connectivity index (χ0v) is 11.5. The molecule has 0 unspecified atom stereocenters. The van der Waals surface area contributed by atoms with E-state index in [1.165, 1.54) is 0 Å². The Balaban J connectivity index is 1.75. The Bertz CT molecular complexity index is 548. The summed E-state index contributed by atoms with van der Waals surface area (Å²) in [5, 5.41) is 7.70. The molecule has 0 atom stereocenters. The minimum absolute atomic E-state index is 0.0751. The number of amides is 1. The summed E-state index contributed by atoms with van der Waals surface area (Å²) in [5.74, 6) is -0.0751. The first kappa shape index (κ1) is 13.6. The molecule has 100 valence electrons. The molecular formula is C14H16ClN3O. The Morgan fingerprint density at radius 1 is 1.32 bits per heavy atom. The minimum Gasteiger partial charge on any atom is -0.352 e. The van der Waals surface area contributed by atoms with E-state index in [9.17, 15) is 4.79 Å². The van der Waals surface area contributed by atoms with Crippen molar-refractivity contribution in [1.82, 2.24) is 15.1 Å². The number of carbonyl (C=O) groups is 1. The second kappa shape index (κ2) is 6.38. The van der Waals surface area contributed by atoms with Crippen LogP contribution in [0.15, 0.2) is 36.5 Å². The Morgan fingerprint density at radius 3 is 2.68 bits per heavy atom. The van der Waals surface area contributed by atoms with Crippen molar-refractivity contribution >= 4 is 17.5 Å². The molecule has 0 aliphatic rings. The van der Waals surface area contributed by atoms with Crippen LogP contribution in [0.1, 0.15) is 22.5 Å². The minimum atomic E-state index is -0.0751. The molecule has 1 heterocycles. The second-order valence-electron chi connectivity index (χ2n) is 4.31. The van der Waals surface area contributed by atoms with Crippen molar-refractivity contribution in [2.24, 2.45) is 0 Å². The summed E-state index contributed by atoms with van der Waals surface area (Å²) in [6.45, 7) is 3.44. The van der Waals surface area contributed by atoms with Gasteiger partial charge >= 0.3 is 0 Å². The van der Waals surface area contributed by atoms with E-state index in [1.807, 2.05) is 17.7 Å². The maximum absolute atomic E-state index is 11.8. The third kappa shape index (κ3) is 3.83. The lowest BCUT2D eigenvalue weighted by Gasteiger charge is -2.06. The molecule has 19 heavy (non-hydrogen) atoms. The van der Waals surface area contributed by atoms with E-state index in [0.29, 0.717) is 17.1 Å². The van der Waals surface area contributed by atoms with Gasteiger partial charge in [-0.2, -0.15) is 5.10 Å². The number of benzene rings is 1. The van der Waals surface area contributed by atoms with Crippen LogP contribution in [0.3, 0.4) is 0 Å². The zero-order valence-electron chi connectivity index (χ0n) is 10.8. The van der Waals surface area contributed by atoms with Crippen molar-refractivity contribution < 1.29 is 4.79 Å². The number of hydrogen-bond acceptors (Lipinski definition) is 2. The van der Waals surface area contributed by atoms with Gasteiger partial charge in [0.25, 0.3) is 5.91 Å². The average Bonchev–Trinajstić information content (AvgIpc) is 2.81. The predicted molar refractivity (Wildman–Crippen MR) is 75.4 cm³/mol. The number of hydrogen-bond donors (Lipinski definition) is 1. The number of nitrogens with zero attached hydrogens (tertiary/aromatic N) is 2. The standard InChI is InChI=1S/C14H16ClN3O/c1-11-7-9-17-18(11)10-2-8-16-14(19)12-3-5-13(15)6-4-12/h3-7,9H,2,8,10H2,1H3,(H,16,19). The van der Waals surface area contributed by atoms with Crippen molar-refractivity contribution in [1.29, 1.82) is 0 Å². The van der Waals surface area contributed by atoms with Crippen molar-refractivity contribution in [2.75, 3.05) is 6.54 Å². The molecule has 2 aromatic rings. The Hall–Kier alpha value is -1.81. The summed E-state index contributed by atoms with van der Waals surface area (Å²) in [5.41, 5.74) is 1.75. The van der Waals surface area contributed by atoms with Crippen LogP contribution in [0.5, 0.6) is 0 Å². The van der Waals surface area contributed by atoms with Crippen LogP contribution >= 0.6 is 11.6 Å². The second-order valence-corrected chi connectivity index (χ2v) is 4.75. The quantitative estimate of drug-likeness (QED) is 0.854. The van der Waals surface area contributed by atoms with Crippen molar-refractivity contribution in [3.05, 3.63) is 52.8 Å². The monoisotopic (exact) mass is 277 g/mol. The van der Waals surface area contributed by atoms with Gasteiger partial charge in [-0.3, -0.25) is 9.48 Å². The molecule has 1 N–H and O–H groups in total. The summed E-state index contributed by atoms with van der Waals surface area (Å²) in [6.07, 6.45) is 2.63. The number of carbonyl (C=O) groups excluding carboxylic acids is 1. The Morgan fingerprint density at radius 2 is 2.05 bits per heavy atom. The third-order valence-corrected chi connectivity index (χ3v) is 3.12. The van der Waals surface area contributed by atoms with Gasteiger partial charge in [0.1, 0.15) is 0 Å². The van der Waals surface area contributed by atoms with Gasteiger partial charge in [0.15, 0.2) is 0 Å². The maximum atomic E-state index is 11.8. The first-order valence-corrected chi connectivity index (χ1v) is 6.57. The molecule has 0 spiro atoms. The van der Waals surface area contributed by atoms with Gasteiger partial charge in [0, 0.05) is 35.6 Å². The maximum Gasteiger partial charge on any atom is 0.251 e. The van der Waals surface area contributed by atoms with Gasteiger partial charge in [-0.15, -0.1) is 0 Å². The van der Waals surface area contributed by atoms with Crippen LogP contribution in [-0.4, -0.2) is 22.2 Å². The van der Waals surface area contributed by atoms with E-state index in [-0.39, 0.29) is 5.91 Å². The van der Waals surface area contributed by atoms with Gasteiger partial charge in [0.2, 0.25) is 0 Å². The molecule has 1 aromatic carbocycles. The molecule has 1 amide bonds. The van der Waals surface area contributed by atoms with Crippen LogP contribution in [0.25, 0.3) is 0 Å². The molecule has 5 heteroatoms. The van der Waals surface area contributed by atoms with Crippen LogP contribution in [0.2, 0.25) is 5.02 Å². The van der Waals surface area contributed by atoms with Gasteiger partial charge in [-0.25, -0.2) is 0 Å². The van der Waals surface area contributed by atoms with Crippen molar-refractivity contribution in [3.63, 3.8) is 0 Å². The molecule has 0 fully saturated rings. The lowest BCUT2D eigenvalue weighted by Crippen LogP contribution is -2.25. The molecule has 0 bridgehead atoms. The molecule has 1 aromatic heterocycles. The SMILES string of the molecule is Cc1ccnn1CCCNC(=O)c1ccc(Cl)cc1. The lowest BCUT2D eigenvalue weighted by atomic mass is 10.2. The topological polar surface area (TPSA) is 46.9 Å². The Kier molecular flexibility index (Phi) is 4.58. The van der Waals surface area contributed by atoms with Gasteiger partial charge < -0.3 is 5.32 Å². The highest BCUT2D eigenvalue weighted by atomic mass is 35.5. The summed E-state index contributed by atoms with van der Waals surface area (Å²) in [6, 6.07) is 8.82. The van der Waals surface area contributed by atoms with Crippen LogP contribution in [0, 0.1) is 6.92 Å². The average molecular weight is 278 g/mol. The van der Waals surface area contributed by atoms with E-state index in [4.69, 9.17) is 11.6 Å². The number of aromatic nitrogens is 2. The molecular weight excluding hydrogens is 262 g/mol. The van der Waals surface area contributed by atoms with Crippen molar-refractivity contribution in [2.45, 2.75) is 19.9 Å². The number of halogens is 1. The fourth-order valence-electron chi connectivity index (χ4n) is 1.77. The highest BCUT2D eigenvalue weighted by molar-refractivity contribution is 6.30. The fourth-order valence-corrected chi connectivity index (χ4v) is 1.89. The smallest absolute Gasteiger partial charge is 0.251 e. The highest BCUT2D eigenvalue weighted by Crippen LogP contribution is 2.09. The van der Waals surface area contributed by atoms with Crippen LogP contribution in [-0.2, 0) is 6.54 Å². The summed E-state index contributed by atoms with van der Waals surface area (Å²) < 4.78 is 1.93. The summed E-state index contributed by atoms with van der Waals surface area (Å²) in [4.78, 5) is 11.8.